The maximum Gasteiger partial charge on any atom is 0.255 e. The average Bonchev–Trinajstić information content (AvgIpc) is 2.82. The highest BCUT2D eigenvalue weighted by Gasteiger charge is 2.29. The molecule has 4 heterocycles. The van der Waals surface area contributed by atoms with Gasteiger partial charge in [-0.05, 0) is 38.8 Å². The first kappa shape index (κ1) is 21.8. The van der Waals surface area contributed by atoms with Crippen LogP contribution in [0.15, 0.2) is 42.6 Å². The molecule has 2 aliphatic rings. The van der Waals surface area contributed by atoms with E-state index in [0.29, 0.717) is 13.1 Å². The number of carbonyl (C=O) groups excluding carboxylic acids is 1. The molecule has 0 radical (unpaired) electrons. The number of hydrogen-bond acceptors (Lipinski definition) is 6. The number of anilines is 1. The monoisotopic (exact) mass is 444 g/mol. The maximum atomic E-state index is 13.8. The Morgan fingerprint density at radius 2 is 1.82 bits per heavy atom. The normalized spacial score (nSPS) is 17.0. The van der Waals surface area contributed by atoms with Crippen LogP contribution in [0.25, 0.3) is 10.9 Å². The molecule has 0 spiro atoms. The summed E-state index contributed by atoms with van der Waals surface area (Å²) in [6.07, 6.45) is 2.85. The van der Waals surface area contributed by atoms with E-state index in [2.05, 4.69) is 53.0 Å². The van der Waals surface area contributed by atoms with E-state index >= 15 is 0 Å². The molecule has 7 nitrogen and oxygen atoms in total. The average molecular weight is 445 g/mol. The van der Waals surface area contributed by atoms with Crippen LogP contribution in [0.2, 0.25) is 0 Å². The largest absolute Gasteiger partial charge is 0.353 e. The highest BCUT2D eigenvalue weighted by molar-refractivity contribution is 6.07. The first-order valence-electron chi connectivity index (χ1n) is 11.7. The lowest BCUT2D eigenvalue weighted by atomic mass is 9.95. The third-order valence-corrected chi connectivity index (χ3v) is 6.65. The number of aromatic nitrogens is 2. The van der Waals surface area contributed by atoms with Crippen LogP contribution >= 0.6 is 0 Å². The van der Waals surface area contributed by atoms with Gasteiger partial charge in [-0.25, -0.2) is 4.98 Å². The Labute approximate surface area is 195 Å². The molecule has 7 heteroatoms. The van der Waals surface area contributed by atoms with Crippen molar-refractivity contribution in [2.75, 3.05) is 58.8 Å². The number of hydrogen-bond donors (Lipinski definition) is 0. The molecule has 0 bridgehead atoms. The zero-order chi connectivity index (χ0) is 22.9. The Bertz CT molecular complexity index is 1150. The van der Waals surface area contributed by atoms with E-state index in [4.69, 9.17) is 4.98 Å². The molecule has 5 rings (SSSR count). The van der Waals surface area contributed by atoms with Crippen molar-refractivity contribution in [2.24, 2.45) is 0 Å². The number of para-hydroxylation sites is 1. The number of fused-ring (bicyclic) bond motifs is 2. The molecular weight excluding hydrogens is 412 g/mol. The second kappa shape index (κ2) is 9.08. The molecule has 1 amide bonds. The van der Waals surface area contributed by atoms with Crippen LogP contribution in [0.5, 0.6) is 0 Å². The molecule has 0 saturated carbocycles. The number of piperazine rings is 1. The quantitative estimate of drug-likeness (QED) is 0.617. The summed E-state index contributed by atoms with van der Waals surface area (Å²) in [7, 11) is 6.23. The van der Waals surface area contributed by atoms with E-state index in [1.165, 1.54) is 5.56 Å². The van der Waals surface area contributed by atoms with E-state index in [-0.39, 0.29) is 5.91 Å². The van der Waals surface area contributed by atoms with Gasteiger partial charge in [0, 0.05) is 75.1 Å². The molecule has 2 aromatic heterocycles. The highest BCUT2D eigenvalue weighted by atomic mass is 16.2. The summed E-state index contributed by atoms with van der Waals surface area (Å²) >= 11 is 0. The van der Waals surface area contributed by atoms with Crippen molar-refractivity contribution in [1.29, 1.82) is 0 Å². The second-order valence-electron chi connectivity index (χ2n) is 9.46. The van der Waals surface area contributed by atoms with Crippen LogP contribution in [-0.4, -0.2) is 84.4 Å². The van der Waals surface area contributed by atoms with Crippen LogP contribution in [0.3, 0.4) is 0 Å². The molecule has 3 aromatic rings. The number of pyridine rings is 2. The van der Waals surface area contributed by atoms with E-state index in [0.717, 1.165) is 72.7 Å². The van der Waals surface area contributed by atoms with Gasteiger partial charge in [0.05, 0.1) is 11.1 Å². The summed E-state index contributed by atoms with van der Waals surface area (Å²) in [6.45, 7) is 5.60. The minimum atomic E-state index is 0.133. The van der Waals surface area contributed by atoms with Gasteiger partial charge in [-0.15, -0.1) is 0 Å². The van der Waals surface area contributed by atoms with Gasteiger partial charge in [-0.2, -0.15) is 0 Å². The number of benzene rings is 1. The van der Waals surface area contributed by atoms with E-state index < -0.39 is 0 Å². The van der Waals surface area contributed by atoms with Crippen molar-refractivity contribution in [3.63, 3.8) is 0 Å². The molecular formula is C26H32N6O. The zero-order valence-corrected chi connectivity index (χ0v) is 19.8. The molecule has 1 aromatic carbocycles. The lowest BCUT2D eigenvalue weighted by molar-refractivity contribution is 0.0745. The summed E-state index contributed by atoms with van der Waals surface area (Å²) in [5.41, 5.74) is 5.16. The van der Waals surface area contributed by atoms with Gasteiger partial charge < -0.3 is 19.6 Å². The topological polar surface area (TPSA) is 55.8 Å². The van der Waals surface area contributed by atoms with Crippen molar-refractivity contribution >= 4 is 22.6 Å². The maximum absolute atomic E-state index is 13.8. The van der Waals surface area contributed by atoms with Gasteiger partial charge in [0.1, 0.15) is 5.82 Å². The van der Waals surface area contributed by atoms with Crippen LogP contribution < -0.4 is 4.90 Å². The number of likely N-dealkylation sites (N-methyl/N-ethyl adjacent to an activating group) is 1. The van der Waals surface area contributed by atoms with Crippen LogP contribution in [0.1, 0.15) is 27.2 Å². The van der Waals surface area contributed by atoms with Gasteiger partial charge in [-0.3, -0.25) is 9.78 Å². The SMILES string of the molecule is CN(C)Cc1ccc(N2CCN(C(=O)c3c4c(nc5ccccc35)CCN(C)C4)CC2)nc1. The summed E-state index contributed by atoms with van der Waals surface area (Å²) in [5, 5.41) is 0.970. The number of nitrogens with zero attached hydrogens (tertiary/aromatic N) is 6. The lowest BCUT2D eigenvalue weighted by Crippen LogP contribution is -2.49. The van der Waals surface area contributed by atoms with Crippen LogP contribution in [-0.2, 0) is 19.5 Å². The molecule has 0 atom stereocenters. The fourth-order valence-corrected chi connectivity index (χ4v) is 4.93. The fourth-order valence-electron chi connectivity index (χ4n) is 4.93. The van der Waals surface area contributed by atoms with Crippen molar-refractivity contribution in [2.45, 2.75) is 19.5 Å². The molecule has 0 aliphatic carbocycles. The van der Waals surface area contributed by atoms with Crippen LogP contribution in [0.4, 0.5) is 5.82 Å². The van der Waals surface area contributed by atoms with E-state index in [9.17, 15) is 4.79 Å². The minimum Gasteiger partial charge on any atom is -0.353 e. The molecule has 33 heavy (non-hydrogen) atoms. The highest BCUT2D eigenvalue weighted by Crippen LogP contribution is 2.29. The summed E-state index contributed by atoms with van der Waals surface area (Å²) in [5.74, 6) is 1.12. The molecule has 2 aliphatic heterocycles. The lowest BCUT2D eigenvalue weighted by Gasteiger charge is -2.36. The van der Waals surface area contributed by atoms with E-state index in [1.54, 1.807) is 0 Å². The molecule has 0 unspecified atom stereocenters. The zero-order valence-electron chi connectivity index (χ0n) is 19.8. The summed E-state index contributed by atoms with van der Waals surface area (Å²) < 4.78 is 0. The third-order valence-electron chi connectivity index (χ3n) is 6.65. The summed E-state index contributed by atoms with van der Waals surface area (Å²) in [6, 6.07) is 12.3. The number of amides is 1. The Morgan fingerprint density at radius 1 is 1.03 bits per heavy atom. The number of rotatable bonds is 4. The first-order chi connectivity index (χ1) is 16.0. The number of carbonyl (C=O) groups is 1. The Kier molecular flexibility index (Phi) is 6.00. The predicted octanol–water partition coefficient (Wildman–Crippen LogP) is 2.64. The van der Waals surface area contributed by atoms with Gasteiger partial charge in [0.2, 0.25) is 0 Å². The van der Waals surface area contributed by atoms with Gasteiger partial charge in [0.25, 0.3) is 5.91 Å². The second-order valence-corrected chi connectivity index (χ2v) is 9.46. The van der Waals surface area contributed by atoms with Crippen molar-refractivity contribution in [3.05, 3.63) is 65.0 Å². The predicted molar refractivity (Wildman–Crippen MR) is 132 cm³/mol. The smallest absolute Gasteiger partial charge is 0.255 e. The standard InChI is InChI=1S/C26H32N6O/c1-29(2)17-19-8-9-24(27-16-19)31-12-14-32(15-13-31)26(33)25-20-6-4-5-7-22(20)28-23-10-11-30(3)18-21(23)25/h4-9,16H,10-15,17-18H2,1-3H3. The third kappa shape index (κ3) is 4.43. The Balaban J connectivity index is 1.36. The minimum absolute atomic E-state index is 0.133. The molecule has 0 N–H and O–H groups in total. The van der Waals surface area contributed by atoms with Crippen LogP contribution in [0, 0.1) is 0 Å². The van der Waals surface area contributed by atoms with Gasteiger partial charge in [0.15, 0.2) is 0 Å². The van der Waals surface area contributed by atoms with Gasteiger partial charge in [-0.1, -0.05) is 24.3 Å². The van der Waals surface area contributed by atoms with E-state index in [1.807, 2.05) is 35.4 Å². The van der Waals surface area contributed by atoms with Crippen molar-refractivity contribution < 1.29 is 4.79 Å². The van der Waals surface area contributed by atoms with Crippen molar-refractivity contribution in [3.8, 4) is 0 Å². The first-order valence-corrected chi connectivity index (χ1v) is 11.7. The molecule has 1 fully saturated rings. The molecule has 172 valence electrons. The van der Waals surface area contributed by atoms with Gasteiger partial charge >= 0.3 is 0 Å². The fraction of sp³-hybridized carbons (Fsp3) is 0.423. The van der Waals surface area contributed by atoms with Crippen molar-refractivity contribution in [1.82, 2.24) is 24.7 Å². The summed E-state index contributed by atoms with van der Waals surface area (Å²) in [4.78, 5) is 32.1. The molecule has 1 saturated heterocycles. The Morgan fingerprint density at radius 3 is 2.55 bits per heavy atom. The Hall–Kier alpha value is -3.03.